The highest BCUT2D eigenvalue weighted by atomic mass is 35.5. The van der Waals surface area contributed by atoms with Gasteiger partial charge in [0.25, 0.3) is 5.91 Å². The van der Waals surface area contributed by atoms with Crippen molar-refractivity contribution in [1.82, 2.24) is 14.9 Å². The summed E-state index contributed by atoms with van der Waals surface area (Å²) in [5.74, 6) is -0.982. The molecule has 1 aliphatic rings. The van der Waals surface area contributed by atoms with E-state index in [-0.39, 0.29) is 0 Å². The molecule has 178 valence electrons. The third kappa shape index (κ3) is 4.91. The minimum Gasteiger partial charge on any atom is -0.452 e. The van der Waals surface area contributed by atoms with E-state index in [2.05, 4.69) is 22.1 Å². The lowest BCUT2D eigenvalue weighted by Crippen LogP contribution is -2.32. The van der Waals surface area contributed by atoms with E-state index in [1.54, 1.807) is 6.07 Å². The molecule has 1 aliphatic heterocycles. The number of para-hydroxylation sites is 1. The normalized spacial score (nSPS) is 13.4. The van der Waals surface area contributed by atoms with Gasteiger partial charge in [0.1, 0.15) is 0 Å². The van der Waals surface area contributed by atoms with Crippen LogP contribution in [0.5, 0.6) is 0 Å². The Morgan fingerprint density at radius 3 is 2.77 bits per heavy atom. The SMILES string of the molecule is CCN1CCc2nc3ccccc3c(C(=O)OCC(=O)Nc3nc(-c4ccccc4Cl)cs3)c2C1. The largest absolute Gasteiger partial charge is 0.452 e. The quantitative estimate of drug-likeness (QED) is 0.362. The van der Waals surface area contributed by atoms with Crippen molar-refractivity contribution in [2.45, 2.75) is 19.9 Å². The van der Waals surface area contributed by atoms with Gasteiger partial charge in [0.05, 0.1) is 16.8 Å². The van der Waals surface area contributed by atoms with Crippen molar-refractivity contribution in [1.29, 1.82) is 0 Å². The van der Waals surface area contributed by atoms with Gasteiger partial charge < -0.3 is 4.74 Å². The van der Waals surface area contributed by atoms with Crippen molar-refractivity contribution in [2.24, 2.45) is 0 Å². The average Bonchev–Trinajstić information content (AvgIpc) is 3.33. The Balaban J connectivity index is 1.31. The number of carbonyl (C=O) groups excluding carboxylic acids is 2. The molecule has 4 aromatic rings. The predicted molar refractivity (Wildman–Crippen MR) is 138 cm³/mol. The van der Waals surface area contributed by atoms with Crippen molar-refractivity contribution < 1.29 is 14.3 Å². The molecule has 0 unspecified atom stereocenters. The number of thiazole rings is 1. The first-order valence-corrected chi connectivity index (χ1v) is 12.6. The standard InChI is InChI=1S/C26H23ClN4O3S/c1-2-31-12-11-21-18(13-31)24(17-8-4-6-10-20(17)28-21)25(33)34-14-23(32)30-26-29-22(15-35-26)16-7-3-5-9-19(16)27/h3-10,15H,2,11-14H2,1H3,(H,29,30,32). The smallest absolute Gasteiger partial charge is 0.339 e. The number of carbonyl (C=O) groups is 2. The van der Waals surface area contributed by atoms with Crippen molar-refractivity contribution in [3.63, 3.8) is 0 Å². The molecule has 2 aromatic carbocycles. The van der Waals surface area contributed by atoms with E-state index in [1.807, 2.05) is 47.8 Å². The Morgan fingerprint density at radius 1 is 1.14 bits per heavy atom. The number of benzene rings is 2. The van der Waals surface area contributed by atoms with Crippen LogP contribution in [0.1, 0.15) is 28.5 Å². The van der Waals surface area contributed by atoms with Crippen LogP contribution in [0.15, 0.2) is 53.9 Å². The van der Waals surface area contributed by atoms with Gasteiger partial charge in [-0.2, -0.15) is 0 Å². The number of aromatic nitrogens is 2. The third-order valence-electron chi connectivity index (χ3n) is 6.01. The monoisotopic (exact) mass is 506 g/mol. The van der Waals surface area contributed by atoms with Crippen LogP contribution < -0.4 is 5.32 Å². The number of amides is 1. The van der Waals surface area contributed by atoms with Gasteiger partial charge in [0, 0.05) is 52.1 Å². The van der Waals surface area contributed by atoms with Gasteiger partial charge in [-0.15, -0.1) is 11.3 Å². The topological polar surface area (TPSA) is 84.4 Å². The molecule has 7 nitrogen and oxygen atoms in total. The molecule has 0 fully saturated rings. The van der Waals surface area contributed by atoms with Crippen LogP contribution in [0.2, 0.25) is 5.02 Å². The van der Waals surface area contributed by atoms with Crippen LogP contribution in [-0.2, 0) is 22.5 Å². The molecule has 0 aliphatic carbocycles. The number of hydrogen-bond acceptors (Lipinski definition) is 7. The Kier molecular flexibility index (Phi) is 6.77. The molecule has 5 rings (SSSR count). The van der Waals surface area contributed by atoms with Crippen LogP contribution in [0.4, 0.5) is 5.13 Å². The number of likely N-dealkylation sites (N-methyl/N-ethyl adjacent to an activating group) is 1. The first-order valence-electron chi connectivity index (χ1n) is 11.3. The van der Waals surface area contributed by atoms with Gasteiger partial charge in [-0.05, 0) is 18.7 Å². The van der Waals surface area contributed by atoms with Crippen LogP contribution in [0, 0.1) is 0 Å². The number of halogens is 1. The first-order chi connectivity index (χ1) is 17.0. The molecule has 1 N–H and O–H groups in total. The number of esters is 1. The fraction of sp³-hybridized carbons (Fsp3) is 0.231. The van der Waals surface area contributed by atoms with E-state index < -0.39 is 18.5 Å². The van der Waals surface area contributed by atoms with Crippen molar-refractivity contribution in [2.75, 3.05) is 25.0 Å². The lowest BCUT2D eigenvalue weighted by molar-refractivity contribution is -0.119. The third-order valence-corrected chi connectivity index (χ3v) is 7.10. The molecule has 3 heterocycles. The minimum absolute atomic E-state index is 0.409. The second kappa shape index (κ2) is 10.1. The van der Waals surface area contributed by atoms with Gasteiger partial charge in [-0.25, -0.2) is 9.78 Å². The number of anilines is 1. The number of ether oxygens (including phenoxy) is 1. The summed E-state index contributed by atoms with van der Waals surface area (Å²) in [4.78, 5) is 37.3. The van der Waals surface area contributed by atoms with Gasteiger partial charge in [-0.1, -0.05) is 54.9 Å². The molecule has 1 amide bonds. The van der Waals surface area contributed by atoms with E-state index in [1.165, 1.54) is 11.3 Å². The van der Waals surface area contributed by atoms with E-state index >= 15 is 0 Å². The average molecular weight is 507 g/mol. The molecule has 9 heteroatoms. The molecule has 0 spiro atoms. The minimum atomic E-state index is -0.524. The number of hydrogen-bond donors (Lipinski definition) is 1. The number of rotatable bonds is 6. The highest BCUT2D eigenvalue weighted by molar-refractivity contribution is 7.14. The number of pyridine rings is 1. The van der Waals surface area contributed by atoms with Crippen LogP contribution >= 0.6 is 22.9 Å². The van der Waals surface area contributed by atoms with E-state index in [0.717, 1.165) is 47.2 Å². The Bertz CT molecular complexity index is 1420. The van der Waals surface area contributed by atoms with Crippen LogP contribution in [-0.4, -0.2) is 46.4 Å². The zero-order valence-electron chi connectivity index (χ0n) is 19.1. The van der Waals surface area contributed by atoms with Gasteiger partial charge in [0.2, 0.25) is 0 Å². The molecule has 2 aromatic heterocycles. The molecule has 0 saturated carbocycles. The Hall–Kier alpha value is -3.33. The van der Waals surface area contributed by atoms with Crippen LogP contribution in [0.25, 0.3) is 22.2 Å². The van der Waals surface area contributed by atoms with Gasteiger partial charge in [0.15, 0.2) is 11.7 Å². The summed E-state index contributed by atoms with van der Waals surface area (Å²) >= 11 is 7.52. The maximum Gasteiger partial charge on any atom is 0.339 e. The van der Waals surface area contributed by atoms with Gasteiger partial charge >= 0.3 is 5.97 Å². The molecule has 0 atom stereocenters. The fourth-order valence-corrected chi connectivity index (χ4v) is 5.19. The maximum absolute atomic E-state index is 13.2. The highest BCUT2D eigenvalue weighted by Gasteiger charge is 2.26. The van der Waals surface area contributed by atoms with E-state index in [4.69, 9.17) is 21.3 Å². The second-order valence-electron chi connectivity index (χ2n) is 8.19. The number of fused-ring (bicyclic) bond motifs is 2. The van der Waals surface area contributed by atoms with Crippen molar-refractivity contribution in [3.05, 3.63) is 75.8 Å². The Morgan fingerprint density at radius 2 is 1.94 bits per heavy atom. The zero-order valence-corrected chi connectivity index (χ0v) is 20.7. The molecular formula is C26H23ClN4O3S. The molecule has 0 radical (unpaired) electrons. The van der Waals surface area contributed by atoms with Gasteiger partial charge in [-0.3, -0.25) is 20.0 Å². The number of nitrogens with zero attached hydrogens (tertiary/aromatic N) is 3. The summed E-state index contributed by atoms with van der Waals surface area (Å²) in [6.45, 7) is 4.09. The molecular weight excluding hydrogens is 484 g/mol. The molecule has 0 saturated heterocycles. The summed E-state index contributed by atoms with van der Waals surface area (Å²) in [6, 6.07) is 14.9. The number of nitrogens with one attached hydrogen (secondary N) is 1. The summed E-state index contributed by atoms with van der Waals surface area (Å²) in [7, 11) is 0. The fourth-order valence-electron chi connectivity index (χ4n) is 4.23. The zero-order chi connectivity index (χ0) is 24.4. The van der Waals surface area contributed by atoms with Crippen LogP contribution in [0.3, 0.4) is 0 Å². The predicted octanol–water partition coefficient (Wildman–Crippen LogP) is 5.19. The summed E-state index contributed by atoms with van der Waals surface area (Å²) < 4.78 is 5.47. The van der Waals surface area contributed by atoms with E-state index in [0.29, 0.717) is 28.0 Å². The summed E-state index contributed by atoms with van der Waals surface area (Å²) in [5, 5.41) is 6.25. The molecule has 0 bridgehead atoms. The van der Waals surface area contributed by atoms with Crippen molar-refractivity contribution in [3.8, 4) is 11.3 Å². The maximum atomic E-state index is 13.2. The Labute approximate surface area is 211 Å². The summed E-state index contributed by atoms with van der Waals surface area (Å²) in [5.41, 5.74) is 4.50. The van der Waals surface area contributed by atoms with Crippen molar-refractivity contribution >= 4 is 50.8 Å². The second-order valence-corrected chi connectivity index (χ2v) is 9.46. The highest BCUT2D eigenvalue weighted by Crippen LogP contribution is 2.31. The summed E-state index contributed by atoms with van der Waals surface area (Å²) in [6.07, 6.45) is 0.770. The lowest BCUT2D eigenvalue weighted by Gasteiger charge is -2.28. The first kappa shape index (κ1) is 23.4. The van der Waals surface area contributed by atoms with E-state index in [9.17, 15) is 9.59 Å². The lowest BCUT2D eigenvalue weighted by atomic mass is 9.96. The molecule has 35 heavy (non-hydrogen) atoms.